The Kier molecular flexibility index (Phi) is 4.38. The van der Waals surface area contributed by atoms with E-state index in [-0.39, 0.29) is 17.0 Å². The van der Waals surface area contributed by atoms with Gasteiger partial charge in [0.1, 0.15) is 11.6 Å². The molecule has 0 aromatic heterocycles. The minimum Gasteiger partial charge on any atom is -0.393 e. The van der Waals surface area contributed by atoms with Gasteiger partial charge in [0.05, 0.1) is 11.7 Å². The number of hydrogen-bond acceptors (Lipinski definition) is 2. The summed E-state index contributed by atoms with van der Waals surface area (Å²) in [5.41, 5.74) is -0.0566. The van der Waals surface area contributed by atoms with E-state index in [4.69, 9.17) is 0 Å². The van der Waals surface area contributed by atoms with Gasteiger partial charge in [-0.1, -0.05) is 0 Å². The number of hydrogen-bond donors (Lipinski definition) is 1. The summed E-state index contributed by atoms with van der Waals surface area (Å²) in [5.74, 6) is -1.80. The summed E-state index contributed by atoms with van der Waals surface area (Å²) in [6.07, 6.45) is 1.09. The highest BCUT2D eigenvalue weighted by Gasteiger charge is 2.28. The summed E-state index contributed by atoms with van der Waals surface area (Å²) in [4.78, 5) is 13.8. The molecule has 0 bridgehead atoms. The molecule has 1 aromatic carbocycles. The molecule has 0 radical (unpaired) electrons. The summed E-state index contributed by atoms with van der Waals surface area (Å²) >= 11 is 0. The molecule has 0 aliphatic carbocycles. The molecule has 1 saturated heterocycles. The summed E-state index contributed by atoms with van der Waals surface area (Å²) < 4.78 is 27.3. The molecule has 1 N–H and O–H groups in total. The maximum absolute atomic E-state index is 13.8. The fourth-order valence-electron chi connectivity index (χ4n) is 2.57. The van der Waals surface area contributed by atoms with Gasteiger partial charge in [-0.2, -0.15) is 0 Å². The third-order valence-electron chi connectivity index (χ3n) is 3.91. The van der Waals surface area contributed by atoms with Crippen LogP contribution < -0.4 is 0 Å². The van der Waals surface area contributed by atoms with E-state index in [1.165, 1.54) is 11.8 Å². The van der Waals surface area contributed by atoms with Crippen molar-refractivity contribution in [1.29, 1.82) is 0 Å². The average Bonchev–Trinajstić information content (AvgIpc) is 2.42. The van der Waals surface area contributed by atoms with Crippen LogP contribution in [0.15, 0.2) is 12.1 Å². The predicted octanol–water partition coefficient (Wildman–Crippen LogP) is 2.51. The second-order valence-electron chi connectivity index (χ2n) is 5.48. The maximum atomic E-state index is 13.8. The molecule has 3 nitrogen and oxygen atoms in total. The number of benzene rings is 1. The lowest BCUT2D eigenvalue weighted by atomic mass is 9.93. The molecule has 1 aliphatic rings. The van der Waals surface area contributed by atoms with E-state index in [9.17, 15) is 18.7 Å². The molecule has 1 aromatic rings. The molecule has 20 heavy (non-hydrogen) atoms. The number of carbonyl (C=O) groups is 1. The molecule has 1 amide bonds. The maximum Gasteiger partial charge on any atom is 0.256 e. The highest BCUT2D eigenvalue weighted by Crippen LogP contribution is 2.23. The van der Waals surface area contributed by atoms with Crippen LogP contribution in [0, 0.1) is 24.5 Å². The summed E-state index contributed by atoms with van der Waals surface area (Å²) in [6.45, 7) is 4.03. The lowest BCUT2D eigenvalue weighted by molar-refractivity contribution is 0.0462. The number of aliphatic hydroxyl groups excluding tert-OH is 1. The first-order chi connectivity index (χ1) is 9.40. The zero-order valence-electron chi connectivity index (χ0n) is 11.7. The van der Waals surface area contributed by atoms with Gasteiger partial charge in [-0.05, 0) is 44.4 Å². The lowest BCUT2D eigenvalue weighted by Gasteiger charge is -2.34. The van der Waals surface area contributed by atoms with Crippen molar-refractivity contribution in [3.05, 3.63) is 34.9 Å². The Morgan fingerprint density at radius 3 is 2.75 bits per heavy atom. The smallest absolute Gasteiger partial charge is 0.256 e. The number of likely N-dealkylation sites (tertiary alicyclic amines) is 1. The first-order valence-electron chi connectivity index (χ1n) is 6.83. The number of carbonyl (C=O) groups excluding carboxylic acids is 1. The number of halogens is 2. The van der Waals surface area contributed by atoms with Crippen molar-refractivity contribution >= 4 is 5.91 Å². The Bertz CT molecular complexity index is 517. The van der Waals surface area contributed by atoms with Crippen molar-refractivity contribution in [2.75, 3.05) is 13.1 Å². The van der Waals surface area contributed by atoms with Gasteiger partial charge >= 0.3 is 0 Å². The largest absolute Gasteiger partial charge is 0.393 e. The number of piperidine rings is 1. The van der Waals surface area contributed by atoms with E-state index >= 15 is 0 Å². The monoisotopic (exact) mass is 283 g/mol. The predicted molar refractivity (Wildman–Crippen MR) is 71.4 cm³/mol. The SMILES string of the molecule is Cc1cc(F)c(C(=O)N2CCCC(C(C)O)C2)cc1F. The van der Waals surface area contributed by atoms with Crippen molar-refractivity contribution in [2.24, 2.45) is 5.92 Å². The number of rotatable bonds is 2. The summed E-state index contributed by atoms with van der Waals surface area (Å²) in [6, 6.07) is 2.00. The van der Waals surface area contributed by atoms with E-state index in [0.29, 0.717) is 13.1 Å². The first kappa shape index (κ1) is 14.9. The van der Waals surface area contributed by atoms with Gasteiger partial charge in [0, 0.05) is 19.0 Å². The lowest BCUT2D eigenvalue weighted by Crippen LogP contribution is -2.43. The third-order valence-corrected chi connectivity index (χ3v) is 3.91. The Labute approximate surface area is 117 Å². The molecule has 2 unspecified atom stereocenters. The van der Waals surface area contributed by atoms with Crippen molar-refractivity contribution < 1.29 is 18.7 Å². The zero-order valence-corrected chi connectivity index (χ0v) is 11.7. The molecule has 1 aliphatic heterocycles. The summed E-state index contributed by atoms with van der Waals surface area (Å²) in [7, 11) is 0. The van der Waals surface area contributed by atoms with Crippen LogP contribution in [0.1, 0.15) is 35.7 Å². The molecule has 0 spiro atoms. The Hall–Kier alpha value is -1.49. The third kappa shape index (κ3) is 2.98. The van der Waals surface area contributed by atoms with Crippen LogP contribution in [-0.4, -0.2) is 35.1 Å². The fourth-order valence-corrected chi connectivity index (χ4v) is 2.57. The molecule has 1 heterocycles. The molecule has 0 saturated carbocycles. The average molecular weight is 283 g/mol. The van der Waals surface area contributed by atoms with E-state index in [1.807, 2.05) is 0 Å². The van der Waals surface area contributed by atoms with Crippen LogP contribution in [0.2, 0.25) is 0 Å². The number of amides is 1. The van der Waals surface area contributed by atoms with Gasteiger partial charge in [-0.3, -0.25) is 4.79 Å². The standard InChI is InChI=1S/C15H19F2NO2/c1-9-6-14(17)12(7-13(9)16)15(20)18-5-3-4-11(8-18)10(2)19/h6-7,10-11,19H,3-5,8H2,1-2H3. The van der Waals surface area contributed by atoms with Gasteiger partial charge in [0.25, 0.3) is 5.91 Å². The Morgan fingerprint density at radius 1 is 1.40 bits per heavy atom. The fraction of sp³-hybridized carbons (Fsp3) is 0.533. The first-order valence-corrected chi connectivity index (χ1v) is 6.83. The van der Waals surface area contributed by atoms with Gasteiger partial charge in [0.2, 0.25) is 0 Å². The van der Waals surface area contributed by atoms with Crippen molar-refractivity contribution in [2.45, 2.75) is 32.8 Å². The second kappa shape index (κ2) is 5.87. The van der Waals surface area contributed by atoms with Crippen LogP contribution >= 0.6 is 0 Å². The highest BCUT2D eigenvalue weighted by molar-refractivity contribution is 5.94. The van der Waals surface area contributed by atoms with Crippen LogP contribution in [0.4, 0.5) is 8.78 Å². The number of nitrogens with zero attached hydrogens (tertiary/aromatic N) is 1. The zero-order chi connectivity index (χ0) is 14.9. The van der Waals surface area contributed by atoms with Gasteiger partial charge in [0.15, 0.2) is 0 Å². The van der Waals surface area contributed by atoms with E-state index in [2.05, 4.69) is 0 Å². The second-order valence-corrected chi connectivity index (χ2v) is 5.48. The molecular weight excluding hydrogens is 264 g/mol. The Morgan fingerprint density at radius 2 is 2.10 bits per heavy atom. The van der Waals surface area contributed by atoms with E-state index in [1.54, 1.807) is 6.92 Å². The van der Waals surface area contributed by atoms with Crippen molar-refractivity contribution in [3.63, 3.8) is 0 Å². The molecular formula is C15H19F2NO2. The number of aliphatic hydroxyl groups is 1. The van der Waals surface area contributed by atoms with Crippen molar-refractivity contribution in [3.8, 4) is 0 Å². The van der Waals surface area contributed by atoms with Crippen LogP contribution in [0.5, 0.6) is 0 Å². The van der Waals surface area contributed by atoms with E-state index < -0.39 is 23.6 Å². The molecule has 2 atom stereocenters. The minimum atomic E-state index is -0.701. The quantitative estimate of drug-likeness (QED) is 0.906. The van der Waals surface area contributed by atoms with Gasteiger partial charge in [-0.25, -0.2) is 8.78 Å². The molecule has 110 valence electrons. The highest BCUT2D eigenvalue weighted by atomic mass is 19.1. The molecule has 1 fully saturated rings. The molecule has 5 heteroatoms. The topological polar surface area (TPSA) is 40.5 Å². The Balaban J connectivity index is 2.21. The number of aryl methyl sites for hydroxylation is 1. The van der Waals surface area contributed by atoms with Gasteiger partial charge < -0.3 is 10.0 Å². The van der Waals surface area contributed by atoms with Crippen LogP contribution in [0.25, 0.3) is 0 Å². The van der Waals surface area contributed by atoms with E-state index in [0.717, 1.165) is 25.0 Å². The normalized spacial score (nSPS) is 20.9. The van der Waals surface area contributed by atoms with Crippen LogP contribution in [-0.2, 0) is 0 Å². The summed E-state index contributed by atoms with van der Waals surface area (Å²) in [5, 5.41) is 9.61. The molecule has 2 rings (SSSR count). The van der Waals surface area contributed by atoms with Gasteiger partial charge in [-0.15, -0.1) is 0 Å². The van der Waals surface area contributed by atoms with Crippen LogP contribution in [0.3, 0.4) is 0 Å². The van der Waals surface area contributed by atoms with Crippen molar-refractivity contribution in [1.82, 2.24) is 4.90 Å². The minimum absolute atomic E-state index is 0.00828.